The van der Waals surface area contributed by atoms with Crippen LogP contribution in [0, 0.1) is 0 Å². The molecule has 0 radical (unpaired) electrons. The minimum Gasteiger partial charge on any atom is -0.444 e. The lowest BCUT2D eigenvalue weighted by atomic mass is 9.93. The van der Waals surface area contributed by atoms with Crippen LogP contribution in [0.2, 0.25) is 0 Å². The van der Waals surface area contributed by atoms with Crippen molar-refractivity contribution in [1.82, 2.24) is 4.90 Å². The second kappa shape index (κ2) is 9.42. The molecule has 1 aliphatic rings. The Morgan fingerprint density at radius 3 is 2.48 bits per heavy atom. The topological polar surface area (TPSA) is 124 Å². The molecular formula is C24H21N5O4. The van der Waals surface area contributed by atoms with E-state index in [1.807, 2.05) is 6.92 Å². The highest BCUT2D eigenvalue weighted by Gasteiger charge is 2.32. The summed E-state index contributed by atoms with van der Waals surface area (Å²) in [5.41, 5.74) is 11.0. The van der Waals surface area contributed by atoms with Crippen LogP contribution >= 0.6 is 0 Å². The molecule has 0 bridgehead atoms. The second-order valence-electron chi connectivity index (χ2n) is 7.56. The van der Waals surface area contributed by atoms with E-state index in [9.17, 15) is 14.4 Å². The SMILES string of the molecule is CCCCN1C(=O)c2cccc3c(NC(=O)OCc4ccc(N=[N+]=[N-])cc4)ccc(c23)C1=O. The monoisotopic (exact) mass is 443 g/mol. The number of imide groups is 1. The summed E-state index contributed by atoms with van der Waals surface area (Å²) >= 11 is 0. The molecule has 3 aromatic carbocycles. The number of ether oxygens (including phenoxy) is 1. The third kappa shape index (κ3) is 4.35. The molecule has 4 rings (SSSR count). The molecule has 1 heterocycles. The quantitative estimate of drug-likeness (QED) is 0.210. The van der Waals surface area contributed by atoms with Crippen molar-refractivity contribution in [2.45, 2.75) is 26.4 Å². The molecule has 0 aromatic heterocycles. The van der Waals surface area contributed by atoms with Crippen LogP contribution in [0.4, 0.5) is 16.2 Å². The third-order valence-electron chi connectivity index (χ3n) is 5.43. The molecule has 0 spiro atoms. The summed E-state index contributed by atoms with van der Waals surface area (Å²) < 4.78 is 5.29. The number of azide groups is 1. The average molecular weight is 443 g/mol. The zero-order valence-electron chi connectivity index (χ0n) is 17.9. The van der Waals surface area contributed by atoms with Crippen LogP contribution in [0.25, 0.3) is 21.2 Å². The molecule has 0 unspecified atom stereocenters. The summed E-state index contributed by atoms with van der Waals surface area (Å²) in [4.78, 5) is 42.3. The van der Waals surface area contributed by atoms with Crippen LogP contribution in [0.3, 0.4) is 0 Å². The van der Waals surface area contributed by atoms with E-state index in [2.05, 4.69) is 15.3 Å². The number of amides is 3. The maximum atomic E-state index is 12.9. The molecule has 9 nitrogen and oxygen atoms in total. The van der Waals surface area contributed by atoms with E-state index in [0.717, 1.165) is 18.4 Å². The molecule has 3 amide bonds. The molecule has 33 heavy (non-hydrogen) atoms. The van der Waals surface area contributed by atoms with E-state index >= 15 is 0 Å². The average Bonchev–Trinajstić information content (AvgIpc) is 2.83. The first-order valence-electron chi connectivity index (χ1n) is 10.5. The number of nitrogens with zero attached hydrogens (tertiary/aromatic N) is 4. The van der Waals surface area contributed by atoms with Crippen molar-refractivity contribution in [3.05, 3.63) is 81.7 Å². The number of carbonyl (C=O) groups excluding carboxylic acids is 3. The van der Waals surface area contributed by atoms with Gasteiger partial charge in [-0.25, -0.2) is 4.79 Å². The van der Waals surface area contributed by atoms with E-state index in [1.54, 1.807) is 54.6 Å². The number of rotatable bonds is 7. The summed E-state index contributed by atoms with van der Waals surface area (Å²) in [5.74, 6) is -0.647. The highest BCUT2D eigenvalue weighted by Crippen LogP contribution is 2.34. The smallest absolute Gasteiger partial charge is 0.411 e. The molecule has 1 aliphatic heterocycles. The molecule has 0 atom stereocenters. The summed E-state index contributed by atoms with van der Waals surface area (Å²) in [6.45, 7) is 2.40. The van der Waals surface area contributed by atoms with Gasteiger partial charge in [-0.1, -0.05) is 54.9 Å². The minimum absolute atomic E-state index is 0.0208. The number of benzene rings is 3. The van der Waals surface area contributed by atoms with Crippen LogP contribution in [-0.2, 0) is 11.3 Å². The first-order valence-corrected chi connectivity index (χ1v) is 10.5. The van der Waals surface area contributed by atoms with E-state index in [1.165, 1.54) is 4.90 Å². The van der Waals surface area contributed by atoms with Crippen molar-refractivity contribution in [3.8, 4) is 0 Å². The zero-order chi connectivity index (χ0) is 23.4. The van der Waals surface area contributed by atoms with E-state index < -0.39 is 6.09 Å². The Balaban J connectivity index is 1.54. The van der Waals surface area contributed by atoms with Gasteiger partial charge in [0.1, 0.15) is 6.61 Å². The van der Waals surface area contributed by atoms with Gasteiger partial charge in [-0.15, -0.1) is 0 Å². The maximum Gasteiger partial charge on any atom is 0.411 e. The Bertz CT molecular complexity index is 1270. The lowest BCUT2D eigenvalue weighted by Crippen LogP contribution is -2.40. The Labute approximate surface area is 189 Å². The van der Waals surface area contributed by atoms with E-state index in [0.29, 0.717) is 39.8 Å². The van der Waals surface area contributed by atoms with Crippen molar-refractivity contribution in [3.63, 3.8) is 0 Å². The fourth-order valence-corrected chi connectivity index (χ4v) is 3.78. The first kappa shape index (κ1) is 21.9. The van der Waals surface area contributed by atoms with Gasteiger partial charge in [0.15, 0.2) is 0 Å². The second-order valence-corrected chi connectivity index (χ2v) is 7.56. The van der Waals surface area contributed by atoms with Gasteiger partial charge in [0.25, 0.3) is 11.8 Å². The summed E-state index contributed by atoms with van der Waals surface area (Å²) in [5, 5.41) is 7.32. The number of hydrogen-bond donors (Lipinski definition) is 1. The standard InChI is InChI=1S/C24H21N5O4/c1-2-3-13-29-22(30)18-6-4-5-17-20(12-11-19(21(17)18)23(29)31)26-24(32)33-14-15-7-9-16(10-8-15)27-28-25/h4-12H,2-3,13-14H2,1H3,(H,26,32). The molecular weight excluding hydrogens is 422 g/mol. The Morgan fingerprint density at radius 2 is 1.79 bits per heavy atom. The third-order valence-corrected chi connectivity index (χ3v) is 5.43. The summed E-state index contributed by atoms with van der Waals surface area (Å²) in [6.07, 6.45) is 0.937. The molecule has 3 aromatic rings. The molecule has 0 saturated heterocycles. The highest BCUT2D eigenvalue weighted by atomic mass is 16.5. The number of unbranched alkanes of at least 4 members (excludes halogenated alkanes) is 1. The van der Waals surface area contributed by atoms with Gasteiger partial charge >= 0.3 is 6.09 Å². The highest BCUT2D eigenvalue weighted by molar-refractivity contribution is 6.27. The van der Waals surface area contributed by atoms with Crippen molar-refractivity contribution in [2.24, 2.45) is 5.11 Å². The molecule has 0 fully saturated rings. The zero-order valence-corrected chi connectivity index (χ0v) is 17.9. The van der Waals surface area contributed by atoms with Crippen molar-refractivity contribution < 1.29 is 19.1 Å². The van der Waals surface area contributed by atoms with Crippen LogP contribution in [0.5, 0.6) is 0 Å². The molecule has 9 heteroatoms. The normalized spacial score (nSPS) is 12.5. The van der Waals surface area contributed by atoms with Crippen molar-refractivity contribution in [1.29, 1.82) is 0 Å². The first-order chi connectivity index (χ1) is 16.0. The molecule has 0 saturated carbocycles. The fraction of sp³-hybridized carbons (Fsp3) is 0.208. The lowest BCUT2D eigenvalue weighted by Gasteiger charge is -2.27. The van der Waals surface area contributed by atoms with Crippen LogP contribution in [0.15, 0.2) is 59.7 Å². The Morgan fingerprint density at radius 1 is 1.06 bits per heavy atom. The van der Waals surface area contributed by atoms with Crippen molar-refractivity contribution in [2.75, 3.05) is 11.9 Å². The van der Waals surface area contributed by atoms with Crippen molar-refractivity contribution >= 4 is 40.1 Å². The minimum atomic E-state index is -0.673. The molecule has 166 valence electrons. The van der Waals surface area contributed by atoms with Gasteiger partial charge in [0, 0.05) is 39.0 Å². The summed E-state index contributed by atoms with van der Waals surface area (Å²) in [7, 11) is 0. The fourth-order valence-electron chi connectivity index (χ4n) is 3.78. The van der Waals surface area contributed by atoms with Gasteiger partial charge in [-0.2, -0.15) is 0 Å². The van der Waals surface area contributed by atoms with Gasteiger partial charge in [0.2, 0.25) is 0 Å². The van der Waals surface area contributed by atoms with Gasteiger partial charge in [0.05, 0.1) is 5.69 Å². The van der Waals surface area contributed by atoms with E-state index in [-0.39, 0.29) is 18.4 Å². The lowest BCUT2D eigenvalue weighted by molar-refractivity contribution is 0.0608. The van der Waals surface area contributed by atoms with Crippen LogP contribution in [0.1, 0.15) is 46.0 Å². The predicted molar refractivity (Wildman–Crippen MR) is 123 cm³/mol. The predicted octanol–water partition coefficient (Wildman–Crippen LogP) is 5.93. The van der Waals surface area contributed by atoms with Crippen LogP contribution < -0.4 is 5.32 Å². The van der Waals surface area contributed by atoms with Crippen LogP contribution in [-0.4, -0.2) is 29.4 Å². The summed E-state index contributed by atoms with van der Waals surface area (Å²) in [6, 6.07) is 15.1. The number of carbonyl (C=O) groups is 3. The Kier molecular flexibility index (Phi) is 6.24. The Hall–Kier alpha value is -4.36. The molecule has 0 aliphatic carbocycles. The largest absolute Gasteiger partial charge is 0.444 e. The number of anilines is 1. The molecule has 1 N–H and O–H groups in total. The number of hydrogen-bond acceptors (Lipinski definition) is 5. The van der Waals surface area contributed by atoms with Gasteiger partial charge in [-0.05, 0) is 35.7 Å². The maximum absolute atomic E-state index is 12.9. The van der Waals surface area contributed by atoms with Gasteiger partial charge < -0.3 is 4.74 Å². The van der Waals surface area contributed by atoms with Gasteiger partial charge in [-0.3, -0.25) is 19.8 Å². The number of nitrogens with one attached hydrogen (secondary N) is 1. The van der Waals surface area contributed by atoms with E-state index in [4.69, 9.17) is 10.3 Å².